The van der Waals surface area contributed by atoms with Gasteiger partial charge in [0, 0.05) is 24.6 Å². The third-order valence-electron chi connectivity index (χ3n) is 8.21. The second-order valence-electron chi connectivity index (χ2n) is 11.5. The highest BCUT2D eigenvalue weighted by molar-refractivity contribution is 8.00. The molecule has 0 radical (unpaired) electrons. The fraction of sp³-hybridized carbons (Fsp3) is 0.548. The van der Waals surface area contributed by atoms with Gasteiger partial charge in [-0.25, -0.2) is 0 Å². The normalized spacial score (nSPS) is 23.0. The number of hydrogen-bond acceptors (Lipinski definition) is 9. The van der Waals surface area contributed by atoms with E-state index in [-0.39, 0.29) is 35.7 Å². The van der Waals surface area contributed by atoms with Crippen LogP contribution in [-0.2, 0) is 35.1 Å². The Bertz CT molecular complexity index is 1300. The van der Waals surface area contributed by atoms with Crippen molar-refractivity contribution in [2.24, 2.45) is 17.6 Å². The van der Waals surface area contributed by atoms with Crippen molar-refractivity contribution in [1.29, 1.82) is 0 Å². The van der Waals surface area contributed by atoms with Crippen LogP contribution in [0.2, 0.25) is 0 Å². The van der Waals surface area contributed by atoms with Crippen LogP contribution >= 0.6 is 11.8 Å². The van der Waals surface area contributed by atoms with E-state index in [1.165, 1.54) is 17.3 Å². The van der Waals surface area contributed by atoms with Gasteiger partial charge in [0.05, 0.1) is 5.25 Å². The van der Waals surface area contributed by atoms with Crippen LogP contribution in [0.25, 0.3) is 0 Å². The quantitative estimate of drug-likeness (QED) is 0.159. The average Bonchev–Trinajstić information content (AvgIpc) is 3.33. The van der Waals surface area contributed by atoms with Gasteiger partial charge in [0.1, 0.15) is 30.3 Å². The smallest absolute Gasteiger partial charge is 0.322 e. The second kappa shape index (κ2) is 15.8. The number of nitrogens with zero attached hydrogens (tertiary/aromatic N) is 1. The third kappa shape index (κ3) is 9.15. The Hall–Kier alpha value is -3.71. The molecule has 2 aliphatic carbocycles. The van der Waals surface area contributed by atoms with Crippen LogP contribution in [0.15, 0.2) is 47.5 Å². The van der Waals surface area contributed by atoms with Crippen molar-refractivity contribution in [2.45, 2.75) is 81.5 Å². The Morgan fingerprint density at radius 2 is 1.82 bits per heavy atom. The summed E-state index contributed by atoms with van der Waals surface area (Å²) >= 11 is 1.39. The summed E-state index contributed by atoms with van der Waals surface area (Å²) in [4.78, 5) is 65.0. The van der Waals surface area contributed by atoms with Gasteiger partial charge in [-0.1, -0.05) is 37.3 Å². The Balaban J connectivity index is 1.53. The molecule has 238 valence electrons. The first-order chi connectivity index (χ1) is 21.1. The molecule has 2 amide bonds. The van der Waals surface area contributed by atoms with E-state index in [1.807, 2.05) is 18.2 Å². The predicted octanol–water partition coefficient (Wildman–Crippen LogP) is 2.33. The average molecular weight is 629 g/mol. The van der Waals surface area contributed by atoms with Gasteiger partial charge in [-0.05, 0) is 61.3 Å². The Morgan fingerprint density at radius 3 is 2.52 bits per heavy atom. The van der Waals surface area contributed by atoms with Gasteiger partial charge in [0.2, 0.25) is 11.8 Å². The van der Waals surface area contributed by atoms with E-state index < -0.39 is 48.3 Å². The van der Waals surface area contributed by atoms with Crippen molar-refractivity contribution in [3.63, 3.8) is 0 Å². The molecule has 12 nitrogen and oxygen atoms in total. The van der Waals surface area contributed by atoms with E-state index in [4.69, 9.17) is 20.7 Å². The summed E-state index contributed by atoms with van der Waals surface area (Å²) < 4.78 is 5.99. The summed E-state index contributed by atoms with van der Waals surface area (Å²) in [6.07, 6.45) is 12.5. The number of hydrogen-bond donors (Lipinski definition) is 5. The SMILES string of the molecule is N[C@@H](CCC(=O)N[C@@H](CS[C@@H]1CCCCCC[C@H]2CC(Cc3ccncc3)=C[C@@H]3C(=O)OC1=C23)C(=O)NCC(=O)O)C(=O)O. The number of carboxylic acid groups (broad SMARTS) is 2. The number of carbonyl (C=O) groups is 5. The zero-order valence-corrected chi connectivity index (χ0v) is 25.4. The van der Waals surface area contributed by atoms with Gasteiger partial charge >= 0.3 is 17.9 Å². The monoisotopic (exact) mass is 628 g/mol. The second-order valence-corrected chi connectivity index (χ2v) is 12.7. The molecular formula is C31H40N4O8S. The maximum absolute atomic E-state index is 13.3. The number of allylic oxidation sites excluding steroid dienone is 1. The number of rotatable bonds is 13. The molecule has 0 saturated heterocycles. The number of aromatic nitrogens is 1. The molecule has 1 aliphatic heterocycles. The molecule has 5 atom stereocenters. The molecule has 44 heavy (non-hydrogen) atoms. The first kappa shape index (κ1) is 33.2. The lowest BCUT2D eigenvalue weighted by atomic mass is 9.74. The molecule has 0 aromatic carbocycles. The Morgan fingerprint density at radius 1 is 1.09 bits per heavy atom. The van der Waals surface area contributed by atoms with E-state index in [9.17, 15) is 24.0 Å². The Kier molecular flexibility index (Phi) is 12.0. The lowest BCUT2D eigenvalue weighted by molar-refractivity contribution is -0.140. The van der Waals surface area contributed by atoms with Gasteiger partial charge in [-0.3, -0.25) is 29.0 Å². The molecular weight excluding hydrogens is 588 g/mol. The molecule has 1 aromatic heterocycles. The zero-order valence-electron chi connectivity index (χ0n) is 24.5. The summed E-state index contributed by atoms with van der Waals surface area (Å²) in [5.74, 6) is -3.54. The number of carboxylic acids is 2. The van der Waals surface area contributed by atoms with Gasteiger partial charge < -0.3 is 31.3 Å². The highest BCUT2D eigenvalue weighted by Gasteiger charge is 2.44. The van der Waals surface area contributed by atoms with Crippen molar-refractivity contribution in [3.8, 4) is 0 Å². The topological polar surface area (TPSA) is 198 Å². The molecule has 13 heteroatoms. The van der Waals surface area contributed by atoms with Crippen molar-refractivity contribution < 1.29 is 38.9 Å². The number of esters is 1. The minimum Gasteiger partial charge on any atom is -0.480 e. The number of aliphatic carboxylic acids is 2. The molecule has 4 rings (SSSR count). The molecule has 0 unspecified atom stereocenters. The maximum atomic E-state index is 13.3. The summed E-state index contributed by atoms with van der Waals surface area (Å²) in [5, 5.41) is 22.7. The molecule has 0 fully saturated rings. The summed E-state index contributed by atoms with van der Waals surface area (Å²) in [7, 11) is 0. The first-order valence-corrected chi connectivity index (χ1v) is 16.1. The summed E-state index contributed by atoms with van der Waals surface area (Å²) in [6.45, 7) is -0.617. The van der Waals surface area contributed by atoms with Crippen LogP contribution in [0.3, 0.4) is 0 Å². The van der Waals surface area contributed by atoms with Crippen LogP contribution in [0.4, 0.5) is 0 Å². The van der Waals surface area contributed by atoms with Crippen LogP contribution in [-0.4, -0.2) is 74.6 Å². The highest BCUT2D eigenvalue weighted by atomic mass is 32.2. The number of ether oxygens (including phenoxy) is 1. The maximum Gasteiger partial charge on any atom is 0.322 e. The lowest BCUT2D eigenvalue weighted by Gasteiger charge is -2.30. The molecule has 2 heterocycles. The first-order valence-electron chi connectivity index (χ1n) is 15.0. The largest absolute Gasteiger partial charge is 0.480 e. The molecule has 0 spiro atoms. The number of thioether (sulfide) groups is 1. The van der Waals surface area contributed by atoms with E-state index in [2.05, 4.69) is 15.6 Å². The van der Waals surface area contributed by atoms with Gasteiger partial charge in [-0.2, -0.15) is 0 Å². The highest BCUT2D eigenvalue weighted by Crippen LogP contribution is 2.47. The summed E-state index contributed by atoms with van der Waals surface area (Å²) in [5.41, 5.74) is 8.87. The van der Waals surface area contributed by atoms with E-state index in [0.717, 1.165) is 56.1 Å². The molecule has 0 saturated carbocycles. The minimum absolute atomic E-state index is 0.0969. The van der Waals surface area contributed by atoms with Crippen molar-refractivity contribution in [3.05, 3.63) is 53.1 Å². The third-order valence-corrected chi connectivity index (χ3v) is 9.58. The number of carbonyl (C=O) groups excluding carboxylic acids is 3. The number of amides is 2. The van der Waals surface area contributed by atoms with Crippen LogP contribution < -0.4 is 16.4 Å². The predicted molar refractivity (Wildman–Crippen MR) is 162 cm³/mol. The van der Waals surface area contributed by atoms with E-state index in [0.29, 0.717) is 12.2 Å². The number of pyridine rings is 1. The summed E-state index contributed by atoms with van der Waals surface area (Å²) in [6, 6.07) is 1.65. The van der Waals surface area contributed by atoms with Gasteiger partial charge in [0.25, 0.3) is 0 Å². The Labute approximate surface area is 260 Å². The molecule has 1 aromatic rings. The fourth-order valence-corrected chi connectivity index (χ4v) is 7.31. The van der Waals surface area contributed by atoms with E-state index in [1.54, 1.807) is 12.4 Å². The molecule has 0 bridgehead atoms. The van der Waals surface area contributed by atoms with Crippen LogP contribution in [0, 0.1) is 11.8 Å². The van der Waals surface area contributed by atoms with E-state index >= 15 is 0 Å². The van der Waals surface area contributed by atoms with Crippen molar-refractivity contribution in [1.82, 2.24) is 15.6 Å². The zero-order chi connectivity index (χ0) is 31.6. The number of nitrogens with one attached hydrogen (secondary N) is 2. The fourth-order valence-electron chi connectivity index (χ4n) is 5.98. The van der Waals surface area contributed by atoms with Gasteiger partial charge in [0.15, 0.2) is 0 Å². The van der Waals surface area contributed by atoms with Gasteiger partial charge in [-0.15, -0.1) is 11.8 Å². The molecule has 6 N–H and O–H groups in total. The van der Waals surface area contributed by atoms with Crippen molar-refractivity contribution >= 4 is 41.5 Å². The minimum atomic E-state index is -1.24. The lowest BCUT2D eigenvalue weighted by Crippen LogP contribution is -2.49. The van der Waals surface area contributed by atoms with Crippen molar-refractivity contribution in [2.75, 3.05) is 12.3 Å². The van der Waals surface area contributed by atoms with Crippen LogP contribution in [0.5, 0.6) is 0 Å². The standard InChI is InChI=1S/C31H40N4O8S/c32-22(30(40)41)7-8-25(36)35-23(29(39)34-16-26(37)38)17-44-24-6-4-2-1-3-5-20-14-19(13-18-9-11-33-12-10-18)15-21-27(20)28(24)43-31(21)42/h9-12,15,20-24H,1-8,13-14,16-17,32H2,(H,34,39)(H,35,36)(H,37,38)(H,40,41)/t20-,21-,22-,23-,24+/m0/s1. The molecule has 3 aliphatic rings. The number of nitrogens with two attached hydrogens (primary N) is 1. The van der Waals surface area contributed by atoms with Crippen LogP contribution in [0.1, 0.15) is 63.4 Å².